The number of nitrogens with one attached hydrogen (secondary N) is 1. The molecule has 3 aromatic rings. The van der Waals surface area contributed by atoms with E-state index in [9.17, 15) is 9.59 Å². The summed E-state index contributed by atoms with van der Waals surface area (Å²) in [4.78, 5) is 29.1. The van der Waals surface area contributed by atoms with Gasteiger partial charge in [-0.15, -0.1) is 0 Å². The van der Waals surface area contributed by atoms with Gasteiger partial charge in [0.1, 0.15) is 35.5 Å². The lowest BCUT2D eigenvalue weighted by atomic mass is 10.1. The third-order valence-corrected chi connectivity index (χ3v) is 7.61. The van der Waals surface area contributed by atoms with Gasteiger partial charge in [0.05, 0.1) is 12.5 Å². The predicted octanol–water partition coefficient (Wildman–Crippen LogP) is 6.06. The van der Waals surface area contributed by atoms with Crippen LogP contribution >= 0.6 is 0 Å². The summed E-state index contributed by atoms with van der Waals surface area (Å²) in [5, 5.41) is 3.53. The van der Waals surface area contributed by atoms with Crippen LogP contribution < -0.4 is 10.1 Å². The van der Waals surface area contributed by atoms with E-state index in [4.69, 9.17) is 18.9 Å². The second kappa shape index (κ2) is 12.7. The number of nitrogens with zero attached hydrogens (tertiary/aromatic N) is 2. The maximum atomic E-state index is 12.3. The fraction of sp³-hybridized carbons (Fsp3) is 0.483. The van der Waals surface area contributed by atoms with Gasteiger partial charge in [0.2, 0.25) is 0 Å². The summed E-state index contributed by atoms with van der Waals surface area (Å²) in [7, 11) is 0.135. The van der Waals surface area contributed by atoms with E-state index in [1.54, 1.807) is 27.0 Å². The molecule has 1 atom stereocenters. The zero-order chi connectivity index (χ0) is 28.8. The second-order valence-electron chi connectivity index (χ2n) is 11.8. The van der Waals surface area contributed by atoms with Crippen LogP contribution in [0.25, 0.3) is 11.0 Å². The molecular weight excluding hydrogens is 514 g/mol. The Kier molecular flexibility index (Phi) is 9.79. The van der Waals surface area contributed by atoms with Gasteiger partial charge in [0.15, 0.2) is 0 Å². The Morgan fingerprint density at radius 2 is 1.79 bits per heavy atom. The number of amides is 1. The number of esters is 1. The van der Waals surface area contributed by atoms with Crippen molar-refractivity contribution in [1.29, 1.82) is 0 Å². The summed E-state index contributed by atoms with van der Waals surface area (Å²) in [5.74, 6) is 0.787. The van der Waals surface area contributed by atoms with E-state index in [0.717, 1.165) is 34.8 Å². The Morgan fingerprint density at radius 3 is 2.41 bits per heavy atom. The largest absolute Gasteiger partial charge is 0.467 e. The first-order valence-electron chi connectivity index (χ1n) is 13.1. The van der Waals surface area contributed by atoms with Crippen molar-refractivity contribution in [2.75, 3.05) is 13.7 Å². The molecule has 0 fully saturated rings. The number of carbonyl (C=O) groups excluding carboxylic acids is 2. The first-order chi connectivity index (χ1) is 18.3. The minimum absolute atomic E-state index is 0.241. The Labute approximate surface area is 231 Å². The fourth-order valence-electron chi connectivity index (χ4n) is 3.95. The van der Waals surface area contributed by atoms with Gasteiger partial charge in [0.25, 0.3) is 0 Å². The molecule has 0 spiro atoms. The Hall–Kier alpha value is -3.37. The number of pyridine rings is 1. The smallest absolute Gasteiger partial charge is 0.408 e. The Morgan fingerprint density at radius 1 is 1.10 bits per heavy atom. The fourth-order valence-corrected chi connectivity index (χ4v) is 4.70. The molecule has 2 aromatic heterocycles. The number of aromatic nitrogens is 2. The highest BCUT2D eigenvalue weighted by molar-refractivity contribution is 6.76. The number of benzene rings is 1. The van der Waals surface area contributed by atoms with Crippen LogP contribution in [0.1, 0.15) is 31.9 Å². The highest BCUT2D eigenvalue weighted by atomic mass is 28.3. The van der Waals surface area contributed by atoms with Crippen molar-refractivity contribution in [3.05, 3.63) is 53.9 Å². The first-order valence-corrected chi connectivity index (χ1v) is 16.8. The van der Waals surface area contributed by atoms with Crippen molar-refractivity contribution in [2.45, 2.75) is 78.2 Å². The van der Waals surface area contributed by atoms with Crippen LogP contribution in [0, 0.1) is 6.92 Å². The number of fused-ring (bicyclic) bond motifs is 1. The van der Waals surface area contributed by atoms with E-state index in [-0.39, 0.29) is 6.42 Å². The quantitative estimate of drug-likeness (QED) is 0.174. The minimum Gasteiger partial charge on any atom is -0.467 e. The molecule has 1 N–H and O–H groups in total. The molecule has 0 radical (unpaired) electrons. The molecule has 9 nitrogen and oxygen atoms in total. The number of carbonyl (C=O) groups is 2. The van der Waals surface area contributed by atoms with Gasteiger partial charge >= 0.3 is 12.1 Å². The SMILES string of the molecule is COC(=O)[C@H](Cc1ccc(Oc2ccnc3c2c(C)cn3COCC[Si](C)(C)C)cc1)NC(=O)OC(C)(C)C. The summed E-state index contributed by atoms with van der Waals surface area (Å²) in [6.07, 6.45) is 3.33. The normalized spacial score (nSPS) is 12.7. The van der Waals surface area contributed by atoms with Gasteiger partial charge < -0.3 is 28.8 Å². The van der Waals surface area contributed by atoms with E-state index < -0.39 is 31.8 Å². The lowest BCUT2D eigenvalue weighted by Gasteiger charge is -2.22. The number of hydrogen-bond donors (Lipinski definition) is 1. The molecule has 0 aliphatic heterocycles. The number of ether oxygens (including phenoxy) is 4. The zero-order valence-corrected chi connectivity index (χ0v) is 25.3. The van der Waals surface area contributed by atoms with Crippen molar-refractivity contribution in [2.24, 2.45) is 0 Å². The maximum Gasteiger partial charge on any atom is 0.408 e. The number of hydrogen-bond acceptors (Lipinski definition) is 7. The molecule has 0 saturated carbocycles. The van der Waals surface area contributed by atoms with Crippen LogP contribution in [0.15, 0.2) is 42.7 Å². The van der Waals surface area contributed by atoms with Gasteiger partial charge in [-0.1, -0.05) is 31.8 Å². The summed E-state index contributed by atoms with van der Waals surface area (Å²) in [6.45, 7) is 15.5. The Balaban J connectivity index is 1.70. The molecule has 10 heteroatoms. The van der Waals surface area contributed by atoms with Gasteiger partial charge in [-0.2, -0.15) is 0 Å². The van der Waals surface area contributed by atoms with Gasteiger partial charge in [0, 0.05) is 33.5 Å². The number of methoxy groups -OCH3 is 1. The average Bonchev–Trinajstić information content (AvgIpc) is 3.16. The van der Waals surface area contributed by atoms with Crippen LogP contribution in [-0.2, 0) is 32.2 Å². The van der Waals surface area contributed by atoms with Crippen molar-refractivity contribution in [1.82, 2.24) is 14.9 Å². The summed E-state index contributed by atoms with van der Waals surface area (Å²) < 4.78 is 24.3. The summed E-state index contributed by atoms with van der Waals surface area (Å²) in [5.41, 5.74) is 2.00. The van der Waals surface area contributed by atoms with Crippen molar-refractivity contribution >= 4 is 31.2 Å². The van der Waals surface area contributed by atoms with Gasteiger partial charge in [-0.3, -0.25) is 0 Å². The highest BCUT2D eigenvalue weighted by Gasteiger charge is 2.25. The first kappa shape index (κ1) is 30.2. The molecule has 1 amide bonds. The second-order valence-corrected chi connectivity index (χ2v) is 17.4. The molecule has 0 unspecified atom stereocenters. The Bertz CT molecular complexity index is 1280. The van der Waals surface area contributed by atoms with E-state index >= 15 is 0 Å². The molecule has 0 aliphatic carbocycles. The zero-order valence-electron chi connectivity index (χ0n) is 24.3. The summed E-state index contributed by atoms with van der Waals surface area (Å²) >= 11 is 0. The molecule has 0 bridgehead atoms. The molecule has 212 valence electrons. The molecule has 39 heavy (non-hydrogen) atoms. The molecular formula is C29H41N3O6Si. The monoisotopic (exact) mass is 555 g/mol. The maximum absolute atomic E-state index is 12.3. The van der Waals surface area contributed by atoms with Crippen LogP contribution in [0.2, 0.25) is 25.7 Å². The van der Waals surface area contributed by atoms with Crippen molar-refractivity contribution in [3.8, 4) is 11.5 Å². The lowest BCUT2D eigenvalue weighted by Crippen LogP contribution is -2.45. The topological polar surface area (TPSA) is 101 Å². The van der Waals surface area contributed by atoms with Gasteiger partial charge in [-0.05, 0) is 63.1 Å². The van der Waals surface area contributed by atoms with Crippen LogP contribution in [0.3, 0.4) is 0 Å². The van der Waals surface area contributed by atoms with Crippen LogP contribution in [0.4, 0.5) is 4.79 Å². The number of alkyl carbamates (subject to hydrolysis) is 1. The predicted molar refractivity (Wildman–Crippen MR) is 154 cm³/mol. The van der Waals surface area contributed by atoms with Crippen LogP contribution in [-0.4, -0.2) is 55.0 Å². The molecule has 2 heterocycles. The molecule has 0 saturated heterocycles. The van der Waals surface area contributed by atoms with Crippen molar-refractivity contribution < 1.29 is 28.5 Å². The van der Waals surface area contributed by atoms with E-state index in [2.05, 4.69) is 29.9 Å². The van der Waals surface area contributed by atoms with E-state index in [1.165, 1.54) is 7.11 Å². The molecule has 1 aromatic carbocycles. The van der Waals surface area contributed by atoms with E-state index in [0.29, 0.717) is 18.2 Å². The summed E-state index contributed by atoms with van der Waals surface area (Å²) in [6, 6.07) is 9.44. The standard InChI is InChI=1S/C29H41N3O6Si/c1-20-18-32(19-36-15-16-39(6,7)8)26-25(20)24(13-14-30-26)37-22-11-9-21(10-12-22)17-23(27(33)35-5)31-28(34)38-29(2,3)4/h9-14,18,23H,15-17,19H2,1-8H3,(H,31,34)/t23-/m0/s1. The minimum atomic E-state index is -1.15. The van der Waals surface area contributed by atoms with Crippen molar-refractivity contribution in [3.63, 3.8) is 0 Å². The van der Waals surface area contributed by atoms with E-state index in [1.807, 2.05) is 48.0 Å². The number of aryl methyl sites for hydroxylation is 1. The molecule has 0 aliphatic rings. The number of rotatable bonds is 11. The highest BCUT2D eigenvalue weighted by Crippen LogP contribution is 2.32. The van der Waals surface area contributed by atoms with Crippen LogP contribution in [0.5, 0.6) is 11.5 Å². The lowest BCUT2D eigenvalue weighted by molar-refractivity contribution is -0.143. The van der Waals surface area contributed by atoms with Gasteiger partial charge in [-0.25, -0.2) is 14.6 Å². The molecule has 3 rings (SSSR count). The third-order valence-electron chi connectivity index (χ3n) is 5.90. The average molecular weight is 556 g/mol. The third kappa shape index (κ3) is 9.11.